The molecule has 0 radical (unpaired) electrons. The van der Waals surface area contributed by atoms with Crippen molar-refractivity contribution in [2.24, 2.45) is 5.10 Å². The number of ether oxygens (including phenoxy) is 2. The van der Waals surface area contributed by atoms with E-state index >= 15 is 0 Å². The number of aryl methyl sites for hydroxylation is 1. The van der Waals surface area contributed by atoms with Crippen molar-refractivity contribution in [3.8, 4) is 22.9 Å². The van der Waals surface area contributed by atoms with E-state index in [-0.39, 0.29) is 11.7 Å². The van der Waals surface area contributed by atoms with E-state index in [0.29, 0.717) is 29.8 Å². The quantitative estimate of drug-likeness (QED) is 0.170. The van der Waals surface area contributed by atoms with Gasteiger partial charge in [-0.3, -0.25) is 4.79 Å². The van der Waals surface area contributed by atoms with Gasteiger partial charge in [0.25, 0.3) is 5.91 Å². The summed E-state index contributed by atoms with van der Waals surface area (Å²) >= 11 is 1.32. The first-order valence-corrected chi connectivity index (χ1v) is 12.9. The molecule has 0 fully saturated rings. The molecule has 0 unspecified atom stereocenters. The monoisotopic (exact) mass is 515 g/mol. The van der Waals surface area contributed by atoms with Gasteiger partial charge in [0.15, 0.2) is 22.5 Å². The molecule has 1 N–H and O–H groups in total. The van der Waals surface area contributed by atoms with Crippen LogP contribution in [0.2, 0.25) is 0 Å². The number of nitrogens with zero attached hydrogens (tertiary/aromatic N) is 4. The number of rotatable bonds is 11. The van der Waals surface area contributed by atoms with Crippen LogP contribution in [0.25, 0.3) is 11.4 Å². The summed E-state index contributed by atoms with van der Waals surface area (Å²) in [5, 5.41) is 13.4. The number of hydrazone groups is 1. The molecule has 0 aliphatic rings. The van der Waals surface area contributed by atoms with Crippen molar-refractivity contribution in [1.82, 2.24) is 20.2 Å². The number of thioether (sulfide) groups is 1. The molecule has 0 bridgehead atoms. The Balaban J connectivity index is 1.33. The zero-order chi connectivity index (χ0) is 26.0. The largest absolute Gasteiger partial charge is 0.493 e. The van der Waals surface area contributed by atoms with Crippen molar-refractivity contribution in [2.45, 2.75) is 32.2 Å². The number of amides is 1. The minimum atomic E-state index is -0.238. The topological polar surface area (TPSA) is 90.6 Å². The summed E-state index contributed by atoms with van der Waals surface area (Å²) in [6.07, 6.45) is 1.57. The van der Waals surface area contributed by atoms with Crippen molar-refractivity contribution in [2.75, 3.05) is 12.9 Å². The molecule has 9 heteroatoms. The normalized spacial score (nSPS) is 11.0. The van der Waals surface area contributed by atoms with E-state index in [4.69, 9.17) is 9.47 Å². The van der Waals surface area contributed by atoms with Gasteiger partial charge >= 0.3 is 0 Å². The Morgan fingerprint density at radius 1 is 1.05 bits per heavy atom. The second-order valence-corrected chi connectivity index (χ2v) is 9.13. The zero-order valence-corrected chi connectivity index (χ0v) is 21.9. The summed E-state index contributed by atoms with van der Waals surface area (Å²) in [5.74, 6) is 1.93. The predicted molar refractivity (Wildman–Crippen MR) is 146 cm³/mol. The lowest BCUT2D eigenvalue weighted by Crippen LogP contribution is -2.20. The molecule has 3 aromatic carbocycles. The Morgan fingerprint density at radius 2 is 1.84 bits per heavy atom. The van der Waals surface area contributed by atoms with Crippen LogP contribution in [0.3, 0.4) is 0 Å². The van der Waals surface area contributed by atoms with Crippen LogP contribution in [-0.4, -0.2) is 39.7 Å². The van der Waals surface area contributed by atoms with Crippen molar-refractivity contribution in [3.63, 3.8) is 0 Å². The van der Waals surface area contributed by atoms with Crippen LogP contribution < -0.4 is 14.9 Å². The van der Waals surface area contributed by atoms with Gasteiger partial charge in [0.2, 0.25) is 0 Å². The molecule has 0 atom stereocenters. The molecule has 37 heavy (non-hydrogen) atoms. The van der Waals surface area contributed by atoms with E-state index in [9.17, 15) is 4.79 Å². The number of carbonyl (C=O) groups excluding carboxylic acids is 1. The summed E-state index contributed by atoms with van der Waals surface area (Å²) in [5.41, 5.74) is 6.57. The third kappa shape index (κ3) is 6.98. The second-order valence-electron chi connectivity index (χ2n) is 8.18. The van der Waals surface area contributed by atoms with Crippen molar-refractivity contribution >= 4 is 23.9 Å². The highest BCUT2D eigenvalue weighted by atomic mass is 32.2. The van der Waals surface area contributed by atoms with Gasteiger partial charge in [-0.15, -0.1) is 10.2 Å². The summed E-state index contributed by atoms with van der Waals surface area (Å²) in [7, 11) is 1.60. The van der Waals surface area contributed by atoms with Crippen LogP contribution in [-0.2, 0) is 17.9 Å². The lowest BCUT2D eigenvalue weighted by molar-refractivity contribution is -0.118. The maximum Gasteiger partial charge on any atom is 0.250 e. The Hall–Kier alpha value is -4.11. The van der Waals surface area contributed by atoms with Crippen LogP contribution in [0, 0.1) is 6.92 Å². The van der Waals surface area contributed by atoms with Crippen molar-refractivity contribution < 1.29 is 14.3 Å². The summed E-state index contributed by atoms with van der Waals surface area (Å²) < 4.78 is 13.3. The van der Waals surface area contributed by atoms with Crippen LogP contribution >= 0.6 is 11.8 Å². The highest BCUT2D eigenvalue weighted by Crippen LogP contribution is 2.28. The SMILES string of the molecule is CCn1c(SCC(=O)N/N=C/c2ccc(OC)c(OCc3ccccc3)c2)nnc1-c1ccc(C)cc1. The first-order chi connectivity index (χ1) is 18.1. The third-order valence-corrected chi connectivity index (χ3v) is 6.47. The Bertz CT molecular complexity index is 1350. The fourth-order valence-electron chi connectivity index (χ4n) is 3.56. The van der Waals surface area contributed by atoms with Gasteiger partial charge in [-0.1, -0.05) is 71.9 Å². The molecule has 0 saturated heterocycles. The summed E-state index contributed by atoms with van der Waals surface area (Å²) in [6.45, 7) is 5.19. The first-order valence-electron chi connectivity index (χ1n) is 11.9. The molecule has 0 spiro atoms. The maximum atomic E-state index is 12.4. The molecule has 1 heterocycles. The fraction of sp³-hybridized carbons (Fsp3) is 0.214. The van der Waals surface area contributed by atoms with Crippen LogP contribution in [0.4, 0.5) is 0 Å². The summed E-state index contributed by atoms with van der Waals surface area (Å²) in [6, 6.07) is 23.5. The molecule has 4 aromatic rings. The van der Waals surface area contributed by atoms with E-state index in [1.165, 1.54) is 17.3 Å². The average Bonchev–Trinajstić information content (AvgIpc) is 3.34. The molecule has 0 aliphatic heterocycles. The third-order valence-electron chi connectivity index (χ3n) is 5.50. The Labute approximate surface area is 220 Å². The van der Waals surface area contributed by atoms with Crippen molar-refractivity contribution in [3.05, 3.63) is 89.5 Å². The highest BCUT2D eigenvalue weighted by Gasteiger charge is 2.14. The van der Waals surface area contributed by atoms with E-state index < -0.39 is 0 Å². The maximum absolute atomic E-state index is 12.4. The lowest BCUT2D eigenvalue weighted by atomic mass is 10.1. The molecule has 0 saturated carbocycles. The zero-order valence-electron chi connectivity index (χ0n) is 21.0. The number of carbonyl (C=O) groups is 1. The van der Waals surface area contributed by atoms with Crippen LogP contribution in [0.1, 0.15) is 23.6 Å². The number of hydrogen-bond donors (Lipinski definition) is 1. The second kappa shape index (κ2) is 12.7. The first kappa shape index (κ1) is 26.0. The standard InChI is InChI=1S/C28H29N5O3S/c1-4-33-27(23-13-10-20(2)11-14-23)31-32-28(33)37-19-26(34)30-29-17-22-12-15-24(35-3)25(16-22)36-18-21-8-6-5-7-9-21/h5-17H,4,18-19H2,1-3H3,(H,30,34)/b29-17+. The van der Waals surface area contributed by atoms with Gasteiger partial charge in [-0.2, -0.15) is 5.10 Å². The van der Waals surface area contributed by atoms with E-state index in [1.54, 1.807) is 13.3 Å². The Morgan fingerprint density at radius 3 is 2.57 bits per heavy atom. The minimum absolute atomic E-state index is 0.164. The number of hydrogen-bond acceptors (Lipinski definition) is 7. The lowest BCUT2D eigenvalue weighted by Gasteiger charge is -2.11. The average molecular weight is 516 g/mol. The molecule has 1 amide bonds. The number of benzene rings is 3. The van der Waals surface area contributed by atoms with E-state index in [0.717, 1.165) is 22.5 Å². The molecule has 4 rings (SSSR count). The van der Waals surface area contributed by atoms with Gasteiger partial charge in [0, 0.05) is 12.1 Å². The summed E-state index contributed by atoms with van der Waals surface area (Å²) in [4.78, 5) is 12.4. The highest BCUT2D eigenvalue weighted by molar-refractivity contribution is 7.99. The van der Waals surface area contributed by atoms with Gasteiger partial charge in [0.1, 0.15) is 6.61 Å². The van der Waals surface area contributed by atoms with Gasteiger partial charge in [-0.25, -0.2) is 5.43 Å². The molecule has 8 nitrogen and oxygen atoms in total. The number of nitrogens with one attached hydrogen (secondary N) is 1. The van der Waals surface area contributed by atoms with Gasteiger partial charge in [-0.05, 0) is 43.2 Å². The predicted octanol–water partition coefficient (Wildman–Crippen LogP) is 5.10. The smallest absolute Gasteiger partial charge is 0.250 e. The molecule has 190 valence electrons. The number of methoxy groups -OCH3 is 1. The molecular weight excluding hydrogens is 486 g/mol. The van der Waals surface area contributed by atoms with E-state index in [2.05, 4.69) is 20.7 Å². The van der Waals surface area contributed by atoms with Crippen LogP contribution in [0.5, 0.6) is 11.5 Å². The molecule has 1 aromatic heterocycles. The van der Waals surface area contributed by atoms with Crippen molar-refractivity contribution in [1.29, 1.82) is 0 Å². The Kier molecular flexibility index (Phi) is 8.93. The van der Waals surface area contributed by atoms with Gasteiger partial charge in [0.05, 0.1) is 19.1 Å². The van der Waals surface area contributed by atoms with Crippen LogP contribution in [0.15, 0.2) is 83.1 Å². The minimum Gasteiger partial charge on any atom is -0.493 e. The molecular formula is C28H29N5O3S. The van der Waals surface area contributed by atoms with E-state index in [1.807, 2.05) is 91.2 Å². The number of aromatic nitrogens is 3. The van der Waals surface area contributed by atoms with Gasteiger partial charge < -0.3 is 14.0 Å². The fourth-order valence-corrected chi connectivity index (χ4v) is 4.35. The molecule has 0 aliphatic carbocycles.